The Labute approximate surface area is 188 Å². The van der Waals surface area contributed by atoms with Gasteiger partial charge in [-0.05, 0) is 43.2 Å². The highest BCUT2D eigenvalue weighted by molar-refractivity contribution is 7.89. The van der Waals surface area contributed by atoms with Crippen molar-refractivity contribution >= 4 is 21.6 Å². The maximum atomic E-state index is 13.1. The second-order valence-corrected chi connectivity index (χ2v) is 8.95. The van der Waals surface area contributed by atoms with Crippen molar-refractivity contribution in [3.8, 4) is 11.5 Å². The molecule has 3 aromatic rings. The van der Waals surface area contributed by atoms with Gasteiger partial charge >= 0.3 is 0 Å². The Balaban J connectivity index is 1.86. The Morgan fingerprint density at radius 2 is 1.56 bits per heavy atom. The summed E-state index contributed by atoms with van der Waals surface area (Å²) in [5.74, 6) is 0.480. The van der Waals surface area contributed by atoms with Crippen molar-refractivity contribution in [3.63, 3.8) is 0 Å². The first-order valence-corrected chi connectivity index (χ1v) is 11.5. The lowest BCUT2D eigenvalue weighted by Gasteiger charge is -2.19. The van der Waals surface area contributed by atoms with E-state index in [0.29, 0.717) is 17.2 Å². The van der Waals surface area contributed by atoms with Crippen LogP contribution in [0.5, 0.6) is 11.5 Å². The standard InChI is InChI=1S/C24H26N2O5S/c1-17-9-12-20(13-10-17)32(28,29)26-21(15-18-7-5-4-6-8-18)24(27)25-19-11-14-22(30-2)23(16-19)31-3/h4-14,16,21,26H,15H2,1-3H3,(H,25,27). The average molecular weight is 455 g/mol. The third kappa shape index (κ3) is 5.87. The normalized spacial score (nSPS) is 12.1. The first kappa shape index (κ1) is 23.3. The van der Waals surface area contributed by atoms with E-state index in [-0.39, 0.29) is 11.3 Å². The number of amides is 1. The second-order valence-electron chi connectivity index (χ2n) is 7.24. The highest BCUT2D eigenvalue weighted by Crippen LogP contribution is 2.29. The van der Waals surface area contributed by atoms with E-state index in [2.05, 4.69) is 10.0 Å². The zero-order valence-electron chi connectivity index (χ0n) is 18.2. The van der Waals surface area contributed by atoms with Crippen LogP contribution in [0.2, 0.25) is 0 Å². The number of rotatable bonds is 9. The summed E-state index contributed by atoms with van der Waals surface area (Å²) >= 11 is 0. The van der Waals surface area contributed by atoms with Crippen LogP contribution in [-0.4, -0.2) is 34.6 Å². The summed E-state index contributed by atoms with van der Waals surface area (Å²) in [6.45, 7) is 1.87. The lowest BCUT2D eigenvalue weighted by atomic mass is 10.1. The molecular formula is C24H26N2O5S. The van der Waals surface area contributed by atoms with Crippen LogP contribution in [0.25, 0.3) is 0 Å². The summed E-state index contributed by atoms with van der Waals surface area (Å²) in [6, 6.07) is 19.6. The smallest absolute Gasteiger partial charge is 0.242 e. The number of hydrogen-bond acceptors (Lipinski definition) is 5. The fraction of sp³-hybridized carbons (Fsp3) is 0.208. The number of aryl methyl sites for hydroxylation is 1. The Morgan fingerprint density at radius 3 is 2.19 bits per heavy atom. The Hall–Kier alpha value is -3.36. The molecule has 0 aliphatic heterocycles. The van der Waals surface area contributed by atoms with Crippen LogP contribution in [0.3, 0.4) is 0 Å². The van der Waals surface area contributed by atoms with Gasteiger partial charge in [-0.2, -0.15) is 4.72 Å². The minimum absolute atomic E-state index is 0.0973. The van der Waals surface area contributed by atoms with Gasteiger partial charge in [-0.25, -0.2) is 8.42 Å². The van der Waals surface area contributed by atoms with Crippen molar-refractivity contribution in [2.45, 2.75) is 24.3 Å². The van der Waals surface area contributed by atoms with E-state index in [1.165, 1.54) is 26.4 Å². The molecule has 0 heterocycles. The number of carbonyl (C=O) groups is 1. The molecule has 0 saturated carbocycles. The van der Waals surface area contributed by atoms with Crippen LogP contribution in [0.15, 0.2) is 77.7 Å². The minimum Gasteiger partial charge on any atom is -0.493 e. The zero-order valence-corrected chi connectivity index (χ0v) is 19.0. The number of nitrogens with one attached hydrogen (secondary N) is 2. The van der Waals surface area contributed by atoms with Crippen molar-refractivity contribution in [3.05, 3.63) is 83.9 Å². The van der Waals surface area contributed by atoms with Gasteiger partial charge in [0.25, 0.3) is 0 Å². The van der Waals surface area contributed by atoms with Gasteiger partial charge in [0.2, 0.25) is 15.9 Å². The molecule has 3 rings (SSSR count). The Kier molecular flexibility index (Phi) is 7.50. The maximum Gasteiger partial charge on any atom is 0.242 e. The molecule has 0 radical (unpaired) electrons. The molecule has 1 atom stereocenters. The van der Waals surface area contributed by atoms with E-state index < -0.39 is 22.0 Å². The molecule has 8 heteroatoms. The van der Waals surface area contributed by atoms with Crippen LogP contribution in [0, 0.1) is 6.92 Å². The molecule has 0 fully saturated rings. The SMILES string of the molecule is COc1ccc(NC(=O)C(Cc2ccccc2)NS(=O)(=O)c2ccc(C)cc2)cc1OC. The Bertz CT molecular complexity index is 1160. The number of benzene rings is 3. The molecule has 0 saturated heterocycles. The van der Waals surface area contributed by atoms with Gasteiger partial charge in [-0.15, -0.1) is 0 Å². The number of anilines is 1. The first-order valence-electron chi connectivity index (χ1n) is 9.98. The van der Waals surface area contributed by atoms with Gasteiger partial charge in [0.05, 0.1) is 19.1 Å². The molecule has 32 heavy (non-hydrogen) atoms. The highest BCUT2D eigenvalue weighted by atomic mass is 32.2. The number of carbonyl (C=O) groups excluding carboxylic acids is 1. The van der Waals surface area contributed by atoms with Gasteiger partial charge in [0.1, 0.15) is 6.04 Å². The van der Waals surface area contributed by atoms with E-state index in [0.717, 1.165) is 11.1 Å². The molecule has 168 valence electrons. The fourth-order valence-corrected chi connectivity index (χ4v) is 4.35. The molecule has 0 aromatic heterocycles. The predicted octanol–water partition coefficient (Wildman–Crippen LogP) is 3.54. The minimum atomic E-state index is -3.91. The average Bonchev–Trinajstić information content (AvgIpc) is 2.79. The van der Waals surface area contributed by atoms with Crippen LogP contribution in [0.1, 0.15) is 11.1 Å². The van der Waals surface area contributed by atoms with Crippen LogP contribution in [0.4, 0.5) is 5.69 Å². The summed E-state index contributed by atoms with van der Waals surface area (Å²) in [6.07, 6.45) is 0.186. The van der Waals surface area contributed by atoms with Crippen molar-refractivity contribution < 1.29 is 22.7 Å². The highest BCUT2D eigenvalue weighted by Gasteiger charge is 2.26. The van der Waals surface area contributed by atoms with Gasteiger partial charge in [-0.3, -0.25) is 4.79 Å². The molecule has 3 aromatic carbocycles. The quantitative estimate of drug-likeness (QED) is 0.516. The third-order valence-corrected chi connectivity index (χ3v) is 6.37. The van der Waals surface area contributed by atoms with Gasteiger partial charge in [0, 0.05) is 11.8 Å². The number of methoxy groups -OCH3 is 2. The fourth-order valence-electron chi connectivity index (χ4n) is 3.15. The molecule has 1 amide bonds. The number of ether oxygens (including phenoxy) is 2. The van der Waals surface area contributed by atoms with E-state index in [4.69, 9.17) is 9.47 Å². The lowest BCUT2D eigenvalue weighted by molar-refractivity contribution is -0.117. The van der Waals surface area contributed by atoms with E-state index in [1.807, 2.05) is 37.3 Å². The molecule has 0 bridgehead atoms. The molecule has 7 nitrogen and oxygen atoms in total. The molecular weight excluding hydrogens is 428 g/mol. The lowest BCUT2D eigenvalue weighted by Crippen LogP contribution is -2.45. The molecule has 1 unspecified atom stereocenters. The van der Waals surface area contributed by atoms with Crippen LogP contribution in [-0.2, 0) is 21.2 Å². The number of hydrogen-bond donors (Lipinski definition) is 2. The first-order chi connectivity index (χ1) is 15.3. The molecule has 2 N–H and O–H groups in total. The van der Waals surface area contributed by atoms with Crippen LogP contribution >= 0.6 is 0 Å². The summed E-state index contributed by atoms with van der Waals surface area (Å²) in [5.41, 5.74) is 2.22. The van der Waals surface area contributed by atoms with Gasteiger partial charge in [-0.1, -0.05) is 48.0 Å². The summed E-state index contributed by atoms with van der Waals surface area (Å²) < 4.78 is 39.0. The van der Waals surface area contributed by atoms with Crippen molar-refractivity contribution in [1.82, 2.24) is 4.72 Å². The molecule has 0 spiro atoms. The predicted molar refractivity (Wildman–Crippen MR) is 124 cm³/mol. The second kappa shape index (κ2) is 10.3. The summed E-state index contributed by atoms with van der Waals surface area (Å²) in [5, 5.41) is 2.77. The van der Waals surface area contributed by atoms with E-state index in [1.54, 1.807) is 30.3 Å². The largest absolute Gasteiger partial charge is 0.493 e. The van der Waals surface area contributed by atoms with E-state index >= 15 is 0 Å². The molecule has 0 aliphatic carbocycles. The number of sulfonamides is 1. The summed E-state index contributed by atoms with van der Waals surface area (Å²) in [4.78, 5) is 13.2. The Morgan fingerprint density at radius 1 is 0.906 bits per heavy atom. The van der Waals surface area contributed by atoms with Crippen molar-refractivity contribution in [2.75, 3.05) is 19.5 Å². The van der Waals surface area contributed by atoms with Crippen molar-refractivity contribution in [2.24, 2.45) is 0 Å². The van der Waals surface area contributed by atoms with E-state index in [9.17, 15) is 13.2 Å². The maximum absolute atomic E-state index is 13.1. The van der Waals surface area contributed by atoms with Crippen LogP contribution < -0.4 is 19.5 Å². The summed E-state index contributed by atoms with van der Waals surface area (Å²) in [7, 11) is -0.896. The van der Waals surface area contributed by atoms with Crippen molar-refractivity contribution in [1.29, 1.82) is 0 Å². The monoisotopic (exact) mass is 454 g/mol. The third-order valence-electron chi connectivity index (χ3n) is 4.88. The molecule has 0 aliphatic rings. The van der Waals surface area contributed by atoms with Gasteiger partial charge < -0.3 is 14.8 Å². The van der Waals surface area contributed by atoms with Gasteiger partial charge in [0.15, 0.2) is 11.5 Å². The topological polar surface area (TPSA) is 93.7 Å². The zero-order chi connectivity index (χ0) is 23.1.